The Bertz CT molecular complexity index is 908. The monoisotopic (exact) mass is 399 g/mol. The molecule has 1 amide bonds. The second-order valence-corrected chi connectivity index (χ2v) is 6.30. The number of phenolic OH excluding ortho intramolecular Hbond substituents is 1. The zero-order chi connectivity index (χ0) is 20.6. The molecule has 150 valence electrons. The number of benzene rings is 1. The molecule has 2 aromatic rings. The molecule has 2 atom stereocenters. The van der Waals surface area contributed by atoms with Crippen LogP contribution in [0.15, 0.2) is 18.2 Å². The molecule has 3 rings (SSSR count). The summed E-state index contributed by atoms with van der Waals surface area (Å²) in [6.07, 6.45) is -6.71. The topological polar surface area (TPSA) is 132 Å². The Labute approximate surface area is 156 Å². The van der Waals surface area contributed by atoms with Crippen molar-refractivity contribution in [3.63, 3.8) is 0 Å². The number of alkyl halides is 3. The van der Waals surface area contributed by atoms with Gasteiger partial charge < -0.3 is 25.5 Å². The van der Waals surface area contributed by atoms with Crippen LogP contribution in [0.4, 0.5) is 23.9 Å². The average Bonchev–Trinajstić information content (AvgIpc) is 2.96. The van der Waals surface area contributed by atoms with Crippen molar-refractivity contribution in [2.75, 3.05) is 18.4 Å². The number of nitrogens with zero attached hydrogens (tertiary/aromatic N) is 4. The van der Waals surface area contributed by atoms with Crippen molar-refractivity contribution in [3.8, 4) is 17.0 Å². The molecule has 12 heteroatoms. The first-order valence-electron chi connectivity index (χ1n) is 8.10. The van der Waals surface area contributed by atoms with E-state index >= 15 is 0 Å². The maximum absolute atomic E-state index is 12.7. The van der Waals surface area contributed by atoms with Crippen LogP contribution in [0.2, 0.25) is 0 Å². The number of aliphatic hydroxyl groups is 1. The highest BCUT2D eigenvalue weighted by Gasteiger charge is 2.35. The van der Waals surface area contributed by atoms with Crippen molar-refractivity contribution in [1.29, 1.82) is 0 Å². The van der Waals surface area contributed by atoms with Gasteiger partial charge in [0.25, 0.3) is 0 Å². The number of β-amino-alcohol motifs (C(OH)–C–C–N with tert-alkyl or cyclic N) is 1. The van der Waals surface area contributed by atoms with Crippen LogP contribution in [-0.4, -0.2) is 66.7 Å². The fourth-order valence-electron chi connectivity index (χ4n) is 2.87. The van der Waals surface area contributed by atoms with Gasteiger partial charge in [-0.1, -0.05) is 0 Å². The number of aromatic nitrogens is 3. The number of carbonyl (C=O) groups is 1. The highest BCUT2D eigenvalue weighted by Crippen LogP contribution is 2.36. The Morgan fingerprint density at radius 1 is 1.29 bits per heavy atom. The third-order valence-corrected chi connectivity index (χ3v) is 4.32. The number of aromatic hydroxyl groups is 1. The lowest BCUT2D eigenvalue weighted by atomic mass is 10.1. The van der Waals surface area contributed by atoms with E-state index in [2.05, 4.69) is 20.5 Å². The van der Waals surface area contributed by atoms with E-state index in [0.717, 1.165) is 17.0 Å². The van der Waals surface area contributed by atoms with Crippen LogP contribution in [0.25, 0.3) is 11.3 Å². The van der Waals surface area contributed by atoms with Crippen LogP contribution in [0.1, 0.15) is 11.3 Å². The van der Waals surface area contributed by atoms with Gasteiger partial charge in [0.15, 0.2) is 0 Å². The first kappa shape index (κ1) is 19.6. The molecule has 0 radical (unpaired) electrons. The molecular formula is C16H16F3N5O4. The van der Waals surface area contributed by atoms with Gasteiger partial charge >= 0.3 is 12.3 Å². The van der Waals surface area contributed by atoms with E-state index in [1.54, 1.807) is 0 Å². The van der Waals surface area contributed by atoms with Gasteiger partial charge in [-0.05, 0) is 25.1 Å². The van der Waals surface area contributed by atoms with Gasteiger partial charge in [-0.25, -0.2) is 9.78 Å². The number of hydrogen-bond acceptors (Lipinski definition) is 7. The van der Waals surface area contributed by atoms with Crippen molar-refractivity contribution >= 4 is 12.0 Å². The number of rotatable bonds is 3. The van der Waals surface area contributed by atoms with Gasteiger partial charge in [-0.3, -0.25) is 0 Å². The van der Waals surface area contributed by atoms with Crippen molar-refractivity contribution in [2.45, 2.75) is 25.2 Å². The Balaban J connectivity index is 1.81. The summed E-state index contributed by atoms with van der Waals surface area (Å²) >= 11 is 0. The van der Waals surface area contributed by atoms with E-state index in [0.29, 0.717) is 6.07 Å². The van der Waals surface area contributed by atoms with Crippen molar-refractivity contribution in [3.05, 3.63) is 29.5 Å². The number of nitrogens with one attached hydrogen (secondary N) is 1. The minimum atomic E-state index is -4.59. The highest BCUT2D eigenvalue weighted by atomic mass is 19.4. The van der Waals surface area contributed by atoms with Crippen LogP contribution in [0.5, 0.6) is 5.75 Å². The highest BCUT2D eigenvalue weighted by molar-refractivity contribution is 5.69. The minimum Gasteiger partial charge on any atom is -0.507 e. The Kier molecular flexibility index (Phi) is 4.98. The molecule has 1 aliphatic rings. The number of carboxylic acid groups (broad SMARTS) is 1. The Morgan fingerprint density at radius 3 is 2.54 bits per heavy atom. The van der Waals surface area contributed by atoms with Gasteiger partial charge in [0.05, 0.1) is 29.9 Å². The molecule has 0 spiro atoms. The SMILES string of the molecule is Cc1nc(N[C@@H]2CN(C(=O)O)C[C@H]2O)nnc1-c1ccc(C(F)(F)F)cc1O. The van der Waals surface area contributed by atoms with Crippen molar-refractivity contribution in [2.24, 2.45) is 0 Å². The number of hydrogen-bond donors (Lipinski definition) is 4. The fraction of sp³-hybridized carbons (Fsp3) is 0.375. The third-order valence-electron chi connectivity index (χ3n) is 4.32. The van der Waals surface area contributed by atoms with Gasteiger partial charge in [0.2, 0.25) is 5.95 Å². The molecule has 0 unspecified atom stereocenters. The van der Waals surface area contributed by atoms with Crippen molar-refractivity contribution < 1.29 is 33.3 Å². The summed E-state index contributed by atoms with van der Waals surface area (Å²) in [6, 6.07) is 1.85. The lowest BCUT2D eigenvalue weighted by molar-refractivity contribution is -0.137. The zero-order valence-electron chi connectivity index (χ0n) is 14.5. The number of halogens is 3. The number of likely N-dealkylation sites (tertiary alicyclic amines) is 1. The lowest BCUT2D eigenvalue weighted by Gasteiger charge is -2.16. The number of anilines is 1. The molecule has 9 nitrogen and oxygen atoms in total. The van der Waals surface area contributed by atoms with Gasteiger partial charge in [0, 0.05) is 12.1 Å². The molecule has 1 aromatic carbocycles. The fourth-order valence-corrected chi connectivity index (χ4v) is 2.87. The van der Waals surface area contributed by atoms with E-state index in [4.69, 9.17) is 5.11 Å². The summed E-state index contributed by atoms with van der Waals surface area (Å²) in [4.78, 5) is 16.1. The van der Waals surface area contributed by atoms with Gasteiger partial charge in [-0.15, -0.1) is 10.2 Å². The Hall–Kier alpha value is -3.15. The lowest BCUT2D eigenvalue weighted by Crippen LogP contribution is -2.33. The summed E-state index contributed by atoms with van der Waals surface area (Å²) in [5, 5.41) is 39.3. The number of amides is 1. The molecule has 0 aliphatic carbocycles. The molecule has 1 fully saturated rings. The van der Waals surface area contributed by atoms with Crippen LogP contribution in [0.3, 0.4) is 0 Å². The van der Waals surface area contributed by atoms with E-state index in [9.17, 15) is 28.2 Å². The Morgan fingerprint density at radius 2 is 2.00 bits per heavy atom. The molecule has 1 aliphatic heterocycles. The normalized spacial score (nSPS) is 19.7. The molecule has 2 heterocycles. The molecule has 0 bridgehead atoms. The van der Waals surface area contributed by atoms with E-state index in [-0.39, 0.29) is 36.0 Å². The van der Waals surface area contributed by atoms with Crippen LogP contribution in [0, 0.1) is 6.92 Å². The number of phenols is 1. The standard InChI is InChI=1S/C16H16F3N5O4/c1-7-13(9-3-2-8(4-11(9)25)16(17,18)19)22-23-14(20-7)21-10-5-24(15(27)28)6-12(10)26/h2-4,10,12,25-26H,5-6H2,1H3,(H,27,28)(H,20,21,23)/t10-,12-/m1/s1. The first-order chi connectivity index (χ1) is 13.1. The molecule has 28 heavy (non-hydrogen) atoms. The van der Waals surface area contributed by atoms with Gasteiger partial charge in [0.1, 0.15) is 11.4 Å². The van der Waals surface area contributed by atoms with Crippen LogP contribution < -0.4 is 5.32 Å². The number of aliphatic hydroxyl groups excluding tert-OH is 1. The molecule has 0 saturated carbocycles. The molecule has 1 aromatic heterocycles. The molecular weight excluding hydrogens is 383 g/mol. The predicted molar refractivity (Wildman–Crippen MR) is 89.7 cm³/mol. The second-order valence-electron chi connectivity index (χ2n) is 6.30. The second kappa shape index (κ2) is 7.11. The number of aryl methyl sites for hydroxylation is 1. The quantitative estimate of drug-likeness (QED) is 0.613. The van der Waals surface area contributed by atoms with Crippen LogP contribution in [-0.2, 0) is 6.18 Å². The maximum Gasteiger partial charge on any atom is 0.416 e. The zero-order valence-corrected chi connectivity index (χ0v) is 14.5. The van der Waals surface area contributed by atoms with E-state index in [1.165, 1.54) is 6.92 Å². The van der Waals surface area contributed by atoms with Crippen LogP contribution >= 0.6 is 0 Å². The smallest absolute Gasteiger partial charge is 0.416 e. The van der Waals surface area contributed by atoms with E-state index < -0.39 is 35.7 Å². The van der Waals surface area contributed by atoms with Gasteiger partial charge in [-0.2, -0.15) is 13.2 Å². The summed E-state index contributed by atoms with van der Waals surface area (Å²) in [7, 11) is 0. The summed E-state index contributed by atoms with van der Waals surface area (Å²) in [5.74, 6) is -0.595. The molecule has 1 saturated heterocycles. The minimum absolute atomic E-state index is 0.0175. The predicted octanol–water partition coefficient (Wildman–Crippen LogP) is 1.71. The summed E-state index contributed by atoms with van der Waals surface area (Å²) < 4.78 is 38.2. The molecule has 4 N–H and O–H groups in total. The first-order valence-corrected chi connectivity index (χ1v) is 8.10. The largest absolute Gasteiger partial charge is 0.507 e. The summed E-state index contributed by atoms with van der Waals surface area (Å²) in [6.45, 7) is 1.50. The maximum atomic E-state index is 12.7. The van der Waals surface area contributed by atoms with Crippen molar-refractivity contribution in [1.82, 2.24) is 20.1 Å². The average molecular weight is 399 g/mol. The van der Waals surface area contributed by atoms with E-state index in [1.807, 2.05) is 0 Å². The third kappa shape index (κ3) is 3.91. The summed E-state index contributed by atoms with van der Waals surface area (Å²) in [5.41, 5.74) is -0.593.